The Morgan fingerprint density at radius 1 is 0.577 bits per heavy atom. The number of nitrogens with zero attached hydrogens (tertiary/aromatic N) is 7. The molecule has 0 aliphatic carbocycles. The average Bonchev–Trinajstić information content (AvgIpc) is 0.895. The number of nitro benzene ring substituents is 2. The number of aliphatic hydroxyl groups excluding tert-OH is 1. The molecule has 582 valence electrons. The summed E-state index contributed by atoms with van der Waals surface area (Å²) in [4.78, 5) is 56.2. The minimum absolute atomic E-state index is 0. The van der Waals surface area contributed by atoms with Crippen molar-refractivity contribution in [1.29, 1.82) is 0 Å². The number of hydrogen-bond donors (Lipinski definition) is 4. The highest BCUT2D eigenvalue weighted by molar-refractivity contribution is 6.67. The molecule has 1 amide bonds. The Kier molecular flexibility index (Phi) is 46.2. The zero-order chi connectivity index (χ0) is 76.6. The predicted octanol–water partition coefficient (Wildman–Crippen LogP) is 11.0. The minimum Gasteiger partial charge on any atom is -1.00 e. The van der Waals surface area contributed by atoms with E-state index in [9.17, 15) is 86.9 Å². The van der Waals surface area contributed by atoms with E-state index in [4.69, 9.17) is 64.6 Å². The Hall–Kier alpha value is -7.71. The van der Waals surface area contributed by atoms with Crippen molar-refractivity contribution in [3.63, 3.8) is 0 Å². The van der Waals surface area contributed by atoms with Gasteiger partial charge in [0.15, 0.2) is 12.4 Å². The number of benzene rings is 4. The number of nitrogen functional groups attached to an aromatic ring is 1. The van der Waals surface area contributed by atoms with Crippen LogP contribution in [0.25, 0.3) is 0 Å². The van der Waals surface area contributed by atoms with Crippen molar-refractivity contribution in [2.45, 2.75) is 52.9 Å². The van der Waals surface area contributed by atoms with E-state index in [-0.39, 0.29) is 48.3 Å². The Balaban J connectivity index is 0.00000122. The minimum atomic E-state index is -4.71. The van der Waals surface area contributed by atoms with Crippen LogP contribution in [0.2, 0.25) is 0 Å². The van der Waals surface area contributed by atoms with E-state index in [1.165, 1.54) is 56.3 Å². The highest BCUT2D eigenvalue weighted by Crippen LogP contribution is 2.39. The zero-order valence-corrected chi connectivity index (χ0v) is 58.9. The quantitative estimate of drug-likeness (QED) is 0.0234. The first-order valence-electron chi connectivity index (χ1n) is 30.7. The number of alkyl halides is 14. The molecule has 0 atom stereocenters. The third-order valence-corrected chi connectivity index (χ3v) is 14.2. The molecular weight excluding hydrogens is 1500 g/mol. The number of carbonyl (C=O) groups excluding carboxylic acids is 2. The zero-order valence-electron chi connectivity index (χ0n) is 55.9. The molecule has 104 heavy (non-hydrogen) atoms. The summed E-state index contributed by atoms with van der Waals surface area (Å²) in [5, 5.41) is 33.5. The van der Waals surface area contributed by atoms with Crippen LogP contribution in [-0.4, -0.2) is 173 Å². The Labute approximate surface area is 613 Å². The summed E-state index contributed by atoms with van der Waals surface area (Å²) < 4.78 is 183. The van der Waals surface area contributed by atoms with Crippen molar-refractivity contribution >= 4 is 85.8 Å². The van der Waals surface area contributed by atoms with Gasteiger partial charge in [-0.2, -0.15) is 57.1 Å². The number of amides is 1. The number of pyridine rings is 2. The van der Waals surface area contributed by atoms with Crippen LogP contribution in [0.4, 0.5) is 96.9 Å². The van der Waals surface area contributed by atoms with Crippen LogP contribution in [0.5, 0.6) is 0 Å². The summed E-state index contributed by atoms with van der Waals surface area (Å²) in [6, 6.07) is 16.7. The highest BCUT2D eigenvalue weighted by atomic mass is 35.5. The van der Waals surface area contributed by atoms with Crippen molar-refractivity contribution in [3.05, 3.63) is 181 Å². The standard InChI is InChI=1S/C17H16F3N3O2.C11H11F3N2O3.C11H13F3N2O.C7H3F4NO2.C6H4ClNO.C6H15N.C4H9NO.CH2Cl2.CH4O.CH4.ClH/c18-17(19,20)13-1-2-15(23-7-9-25-10-8-23)14(11-13)22-16(24)12-3-5-21-6-4-12;12-11(13,14)8-1-2-9(10(7-8)16(17)18)15-3-5-19-6-4-15;12-11(13,14)8-1-2-10(9(15)7-8)16-3-5-17-6-4-16;8-5-2-1-4(7(9,10)11)3-6(5)12(13)14;7-6(9)5-1-3-8-4-2-5;1-4-7(5-2)6-3;1-3-6-4-2-5-1;2-1-3;1-2;;/h1-6,11H,7-10H2,(H,22,24);1-2,7H,3-6H2;1-2,7H,3-6,15H2;1-3H;1-4H;4-6H2,1-3H3;5H,1-4H2;1H2;2H,1H3;1H4;1H. The van der Waals surface area contributed by atoms with Crippen molar-refractivity contribution in [2.75, 3.05) is 163 Å². The maximum atomic E-state index is 13.0. The number of hydrogen-bond acceptors (Lipinski definition) is 18. The smallest absolute Gasteiger partial charge is 0.416 e. The van der Waals surface area contributed by atoms with Gasteiger partial charge in [-0.05, 0) is 104 Å². The van der Waals surface area contributed by atoms with E-state index in [1.54, 1.807) is 29.4 Å². The van der Waals surface area contributed by atoms with Gasteiger partial charge in [0.2, 0.25) is 5.82 Å². The van der Waals surface area contributed by atoms with Crippen LogP contribution in [0, 0.1) is 26.0 Å². The number of halogens is 17. The van der Waals surface area contributed by atoms with E-state index in [0.717, 1.165) is 69.8 Å². The molecule has 2 aromatic heterocycles. The summed E-state index contributed by atoms with van der Waals surface area (Å²) in [5.74, 6) is -1.78. The van der Waals surface area contributed by atoms with Crippen molar-refractivity contribution in [3.8, 4) is 0 Å². The first-order valence-corrected chi connectivity index (χ1v) is 32.1. The number of aromatic amines is 1. The predicted molar refractivity (Wildman–Crippen MR) is 367 cm³/mol. The number of carbonyl (C=O) groups is 2. The van der Waals surface area contributed by atoms with Crippen LogP contribution >= 0.6 is 34.8 Å². The lowest BCUT2D eigenvalue weighted by Gasteiger charge is -2.31. The van der Waals surface area contributed by atoms with Gasteiger partial charge in [-0.25, -0.2) is 4.98 Å². The van der Waals surface area contributed by atoms with Gasteiger partial charge in [0, 0.05) is 107 Å². The second kappa shape index (κ2) is 49.9. The lowest BCUT2D eigenvalue weighted by molar-refractivity contribution is -0.387. The Bertz CT molecular complexity index is 3420. The fraction of sp³-hybridized carbons (Fsp3) is 0.446. The molecule has 0 saturated carbocycles. The van der Waals surface area contributed by atoms with Crippen molar-refractivity contribution < 1.29 is 118 Å². The van der Waals surface area contributed by atoms with Gasteiger partial charge in [0.1, 0.15) is 5.69 Å². The molecule has 22 nitrogen and oxygen atoms in total. The lowest BCUT2D eigenvalue weighted by Crippen LogP contribution is -3.00. The summed E-state index contributed by atoms with van der Waals surface area (Å²) in [6.45, 7) is 20.1. The van der Waals surface area contributed by atoms with E-state index in [2.05, 4.69) is 46.3 Å². The maximum Gasteiger partial charge on any atom is 0.416 e. The molecule has 0 spiro atoms. The molecular formula is C65H82Cl4F13N11O11. The van der Waals surface area contributed by atoms with Crippen molar-refractivity contribution in [2.24, 2.45) is 0 Å². The molecule has 4 fully saturated rings. The largest absolute Gasteiger partial charge is 1.00 e. The maximum absolute atomic E-state index is 13.0. The molecule has 0 bridgehead atoms. The van der Waals surface area contributed by atoms with Gasteiger partial charge in [0.05, 0.1) is 113 Å². The van der Waals surface area contributed by atoms with E-state index in [1.807, 2.05) is 9.80 Å². The van der Waals surface area contributed by atoms with Gasteiger partial charge < -0.3 is 72.4 Å². The number of anilines is 5. The number of nitro groups is 2. The number of nitrogens with one attached hydrogen (secondary N) is 3. The SMILES string of the molecule is C.C1COCCN1.CCN(CC)CC.CO.ClCCl.Nc1cc(C(F)(F)F)ccc1N1CCOCC1.O=C(Cl)c1cc[nH+]cc1.O=C(Nc1cc(C(F)(F)F)ccc1N1CCOCC1)c1ccncc1.O=[N+]([O-])c1cc(C(F)(F)F)ccc1F.O=[N+]([O-])c1cc(C(F)(F)F)ccc1N1CCOCC1.[Cl-]. The summed E-state index contributed by atoms with van der Waals surface area (Å²) in [7, 11) is 1.00. The van der Waals surface area contributed by atoms with Crippen LogP contribution in [0.15, 0.2) is 122 Å². The highest BCUT2D eigenvalue weighted by Gasteiger charge is 2.36. The molecule has 4 aromatic carbocycles. The molecule has 6 aromatic rings. The van der Waals surface area contributed by atoms with Gasteiger partial charge in [0.25, 0.3) is 16.8 Å². The third kappa shape index (κ3) is 35.4. The average molecular weight is 1580 g/mol. The topological polar surface area (TPSA) is 268 Å². The van der Waals surface area contributed by atoms with Gasteiger partial charge in [-0.1, -0.05) is 28.2 Å². The second-order valence-corrected chi connectivity index (χ2v) is 21.7. The van der Waals surface area contributed by atoms with Gasteiger partial charge >= 0.3 is 30.4 Å². The molecule has 4 saturated heterocycles. The second-order valence-electron chi connectivity index (χ2n) is 20.5. The number of ether oxygens (including phenoxy) is 4. The number of aromatic nitrogens is 2. The molecule has 0 radical (unpaired) electrons. The van der Waals surface area contributed by atoms with Crippen molar-refractivity contribution in [1.82, 2.24) is 15.2 Å². The molecule has 0 unspecified atom stereocenters. The van der Waals surface area contributed by atoms with Gasteiger partial charge in [-0.3, -0.25) is 34.8 Å². The van der Waals surface area contributed by atoms with Crippen LogP contribution in [0.1, 0.15) is 71.2 Å². The molecule has 10 rings (SSSR count). The van der Waals surface area contributed by atoms with Crippen LogP contribution in [-0.2, 0) is 43.7 Å². The molecule has 39 heteroatoms. The first-order chi connectivity index (χ1) is 48.2. The summed E-state index contributed by atoms with van der Waals surface area (Å²) >= 11 is 14.7. The number of morpholine rings is 4. The number of rotatable bonds is 11. The third-order valence-electron chi connectivity index (χ3n) is 14.0. The number of nitrogens with two attached hydrogens (primary N) is 1. The Morgan fingerprint density at radius 2 is 0.933 bits per heavy atom. The normalized spacial score (nSPS) is 14.1. The van der Waals surface area contributed by atoms with Crippen LogP contribution < -0.4 is 48.5 Å². The summed E-state index contributed by atoms with van der Waals surface area (Å²) in [5.41, 5.74) is 2.65. The number of aliphatic hydroxyl groups is 1. The number of H-pyrrole nitrogens is 1. The monoisotopic (exact) mass is 1580 g/mol. The fourth-order valence-electron chi connectivity index (χ4n) is 8.86. The van der Waals surface area contributed by atoms with E-state index < -0.39 is 85.1 Å². The van der Waals surface area contributed by atoms with Gasteiger partial charge in [-0.15, -0.1) is 23.2 Å². The molecule has 6 N–H and O–H groups in total. The summed E-state index contributed by atoms with van der Waals surface area (Å²) in [6.07, 6.45) is -11.9. The molecule has 4 aliphatic rings. The fourth-order valence-corrected chi connectivity index (χ4v) is 8.99. The first kappa shape index (κ1) is 96.3. The molecule has 4 aliphatic heterocycles. The van der Waals surface area contributed by atoms with Crippen LogP contribution in [0.3, 0.4) is 0 Å². The Morgan fingerprint density at radius 3 is 1.28 bits per heavy atom. The lowest BCUT2D eigenvalue weighted by atomic mass is 10.1. The van der Waals surface area contributed by atoms with E-state index in [0.29, 0.717) is 120 Å². The molecule has 6 heterocycles. The van der Waals surface area contributed by atoms with E-state index >= 15 is 0 Å².